The van der Waals surface area contributed by atoms with E-state index in [1.54, 1.807) is 43.0 Å². The van der Waals surface area contributed by atoms with Gasteiger partial charge in [-0.05, 0) is 48.2 Å². The Labute approximate surface area is 233 Å². The van der Waals surface area contributed by atoms with Gasteiger partial charge in [0.1, 0.15) is 12.3 Å². The smallest absolute Gasteiger partial charge is 0.319 e. The van der Waals surface area contributed by atoms with Crippen molar-refractivity contribution in [1.82, 2.24) is 19.2 Å². The molecule has 2 aromatic carbocycles. The zero-order valence-electron chi connectivity index (χ0n) is 22.6. The van der Waals surface area contributed by atoms with Gasteiger partial charge in [0.2, 0.25) is 16.0 Å². The monoisotopic (exact) mass is 564 g/mol. The molecule has 0 aliphatic carbocycles. The predicted octanol–water partition coefficient (Wildman–Crippen LogP) is 2.44. The zero-order valence-corrected chi connectivity index (χ0v) is 23.4. The van der Waals surface area contributed by atoms with Gasteiger partial charge in [0.25, 0.3) is 5.91 Å². The second-order valence-electron chi connectivity index (χ2n) is 9.20. The van der Waals surface area contributed by atoms with E-state index in [2.05, 4.69) is 9.97 Å². The Bertz CT molecular complexity index is 1610. The topological polar surface area (TPSA) is 162 Å². The van der Waals surface area contributed by atoms with Gasteiger partial charge >= 0.3 is 5.97 Å². The number of nitrogen functional groups attached to an aromatic ring is 1. The van der Waals surface area contributed by atoms with Crippen LogP contribution in [-0.2, 0) is 32.6 Å². The third-order valence-corrected chi connectivity index (χ3v) is 8.71. The van der Waals surface area contributed by atoms with Gasteiger partial charge < -0.3 is 21.1 Å². The van der Waals surface area contributed by atoms with Crippen molar-refractivity contribution in [3.8, 4) is 0 Å². The molecule has 0 radical (unpaired) electrons. The first-order valence-electron chi connectivity index (χ1n) is 12.7. The summed E-state index contributed by atoms with van der Waals surface area (Å²) in [4.78, 5) is 35.3. The molecule has 0 atom stereocenters. The van der Waals surface area contributed by atoms with Gasteiger partial charge in [-0.15, -0.1) is 0 Å². The molecule has 0 saturated carbocycles. The van der Waals surface area contributed by atoms with Crippen molar-refractivity contribution in [2.24, 2.45) is 5.73 Å². The summed E-state index contributed by atoms with van der Waals surface area (Å²) >= 11 is 0. The van der Waals surface area contributed by atoms with Crippen molar-refractivity contribution in [3.63, 3.8) is 0 Å². The van der Waals surface area contributed by atoms with Crippen molar-refractivity contribution >= 4 is 44.3 Å². The van der Waals surface area contributed by atoms with E-state index in [0.29, 0.717) is 35.1 Å². The Morgan fingerprint density at radius 1 is 1.07 bits per heavy atom. The molecule has 0 spiro atoms. The van der Waals surface area contributed by atoms with Crippen LogP contribution in [0.25, 0.3) is 16.5 Å². The predicted molar refractivity (Wildman–Crippen MR) is 153 cm³/mol. The highest BCUT2D eigenvalue weighted by Crippen LogP contribution is 2.32. The van der Waals surface area contributed by atoms with Gasteiger partial charge in [-0.25, -0.2) is 18.4 Å². The molecule has 11 nitrogen and oxygen atoms in total. The van der Waals surface area contributed by atoms with E-state index in [-0.39, 0.29) is 42.2 Å². The van der Waals surface area contributed by atoms with Gasteiger partial charge in [-0.1, -0.05) is 42.5 Å². The molecule has 12 heteroatoms. The summed E-state index contributed by atoms with van der Waals surface area (Å²) in [5, 5.41) is 0.460. The highest BCUT2D eigenvalue weighted by molar-refractivity contribution is 7.93. The minimum absolute atomic E-state index is 0.0275. The van der Waals surface area contributed by atoms with Crippen LogP contribution in [-0.4, -0.2) is 66.2 Å². The number of amides is 1. The van der Waals surface area contributed by atoms with Gasteiger partial charge in [0.15, 0.2) is 0 Å². The Morgan fingerprint density at radius 2 is 1.75 bits per heavy atom. The number of carbonyl (C=O) groups excluding carboxylic acids is 2. The number of aromatic nitrogens is 2. The molecule has 3 aromatic rings. The number of rotatable bonds is 9. The van der Waals surface area contributed by atoms with Crippen LogP contribution >= 0.6 is 0 Å². The summed E-state index contributed by atoms with van der Waals surface area (Å²) in [5.41, 5.74) is 14.9. The van der Waals surface area contributed by atoms with Crippen LogP contribution in [0.2, 0.25) is 0 Å². The highest BCUT2D eigenvalue weighted by Gasteiger charge is 2.29. The van der Waals surface area contributed by atoms with Crippen LogP contribution in [0.3, 0.4) is 0 Å². The molecule has 4 N–H and O–H groups in total. The van der Waals surface area contributed by atoms with Crippen molar-refractivity contribution in [3.05, 3.63) is 81.9 Å². The van der Waals surface area contributed by atoms with Crippen molar-refractivity contribution in [2.75, 3.05) is 32.5 Å². The largest absolute Gasteiger partial charge is 0.463 e. The normalized spacial score (nSPS) is 14.1. The molecule has 1 aromatic heterocycles. The Balaban J connectivity index is 1.68. The summed E-state index contributed by atoms with van der Waals surface area (Å²) in [6, 6.07) is 13.0. The van der Waals surface area contributed by atoms with Crippen LogP contribution < -0.4 is 11.5 Å². The number of nitrogens with zero attached hydrogens (tertiary/aromatic N) is 4. The lowest BCUT2D eigenvalue weighted by atomic mass is 10.0. The molecule has 4 rings (SSSR count). The number of sulfonamides is 1. The fourth-order valence-electron chi connectivity index (χ4n) is 4.63. The molecular formula is C28H32N6O5S. The summed E-state index contributed by atoms with van der Waals surface area (Å²) in [7, 11) is -2.56. The lowest BCUT2D eigenvalue weighted by molar-refractivity contribution is -0.142. The van der Waals surface area contributed by atoms with Crippen LogP contribution in [0.1, 0.15) is 41.0 Å². The van der Waals surface area contributed by atoms with Crippen LogP contribution in [0.4, 0.5) is 5.95 Å². The first-order chi connectivity index (χ1) is 19.1. The summed E-state index contributed by atoms with van der Waals surface area (Å²) in [5.74, 6) is -0.936. The summed E-state index contributed by atoms with van der Waals surface area (Å²) in [6.07, 6.45) is 3.19. The van der Waals surface area contributed by atoms with Gasteiger partial charge in [-0.3, -0.25) is 9.59 Å². The number of fused-ring (bicyclic) bond motifs is 2. The van der Waals surface area contributed by atoms with E-state index in [4.69, 9.17) is 16.2 Å². The Morgan fingerprint density at radius 3 is 2.35 bits per heavy atom. The fourth-order valence-corrected chi connectivity index (χ4v) is 6.10. The van der Waals surface area contributed by atoms with E-state index >= 15 is 0 Å². The van der Waals surface area contributed by atoms with Crippen LogP contribution in [0.5, 0.6) is 0 Å². The standard InChI is InChI=1S/C28H32N6O5S/c1-4-21(24(5-2)40(37,38)33(3)12-13-39-25(35)15-29)18-10-11-23-22(14-18)26(32-28(30)31-23)27(36)34-16-19-8-6-7-9-20(19)17-34/h4-11,14H,12-13,15-17,29H2,1-3H3,(H2,30,31,32). The maximum atomic E-state index is 13.6. The first-order valence-corrected chi connectivity index (χ1v) is 14.1. The van der Waals surface area contributed by atoms with Crippen molar-refractivity contribution in [1.29, 1.82) is 0 Å². The molecule has 40 heavy (non-hydrogen) atoms. The molecule has 0 fully saturated rings. The van der Waals surface area contributed by atoms with Crippen LogP contribution in [0.15, 0.2) is 59.5 Å². The van der Waals surface area contributed by atoms with Crippen molar-refractivity contribution in [2.45, 2.75) is 26.9 Å². The number of benzene rings is 2. The van der Waals surface area contributed by atoms with Gasteiger partial charge in [0, 0.05) is 32.1 Å². The molecule has 0 saturated heterocycles. The van der Waals surface area contributed by atoms with E-state index in [1.807, 2.05) is 24.3 Å². The molecule has 1 amide bonds. The number of likely N-dealkylation sites (N-methyl/N-ethyl adjacent to an activating group) is 1. The molecule has 2 heterocycles. The second kappa shape index (κ2) is 11.9. The maximum absolute atomic E-state index is 13.6. The molecular weight excluding hydrogens is 532 g/mol. The Hall–Kier alpha value is -4.13. The van der Waals surface area contributed by atoms with Crippen LogP contribution in [0, 0.1) is 0 Å². The zero-order chi connectivity index (χ0) is 29.0. The molecule has 1 aliphatic rings. The Kier molecular flexibility index (Phi) is 8.62. The number of hydrogen-bond acceptors (Lipinski definition) is 9. The lowest BCUT2D eigenvalue weighted by Crippen LogP contribution is -2.32. The lowest BCUT2D eigenvalue weighted by Gasteiger charge is -2.21. The number of allylic oxidation sites excluding steroid dienone is 3. The number of ether oxygens (including phenoxy) is 1. The number of carbonyl (C=O) groups is 2. The first kappa shape index (κ1) is 28.9. The van der Waals surface area contributed by atoms with E-state index in [9.17, 15) is 18.0 Å². The minimum atomic E-state index is -3.97. The molecule has 0 bridgehead atoms. The minimum Gasteiger partial charge on any atom is -0.463 e. The number of anilines is 1. The average molecular weight is 565 g/mol. The molecule has 0 unspecified atom stereocenters. The number of hydrogen-bond donors (Lipinski definition) is 2. The third-order valence-electron chi connectivity index (χ3n) is 6.70. The molecule has 210 valence electrons. The summed E-state index contributed by atoms with van der Waals surface area (Å²) in [6.45, 7) is 3.80. The maximum Gasteiger partial charge on any atom is 0.319 e. The number of nitrogens with two attached hydrogens (primary N) is 2. The quantitative estimate of drug-likeness (QED) is 0.294. The van der Waals surface area contributed by atoms with Crippen molar-refractivity contribution < 1.29 is 22.7 Å². The molecule has 1 aliphatic heterocycles. The number of esters is 1. The van der Waals surface area contributed by atoms with E-state index in [0.717, 1.165) is 15.4 Å². The fraction of sp³-hybridized carbons (Fsp3) is 0.286. The van der Waals surface area contributed by atoms with Gasteiger partial charge in [-0.2, -0.15) is 4.31 Å². The van der Waals surface area contributed by atoms with E-state index < -0.39 is 16.0 Å². The summed E-state index contributed by atoms with van der Waals surface area (Å²) < 4.78 is 33.0. The third kappa shape index (κ3) is 5.74. The van der Waals surface area contributed by atoms with E-state index in [1.165, 1.54) is 13.1 Å². The average Bonchev–Trinajstić information content (AvgIpc) is 3.39. The SMILES string of the molecule is CC=C(C(=CC)S(=O)(=O)N(C)CCOC(=O)CN)c1ccc2nc(N)nc(C(=O)N3Cc4ccccc4C3)c2c1. The second-order valence-corrected chi connectivity index (χ2v) is 11.2. The highest BCUT2D eigenvalue weighted by atomic mass is 32.2. The van der Waals surface area contributed by atoms with Gasteiger partial charge in [0.05, 0.1) is 17.0 Å².